The summed E-state index contributed by atoms with van der Waals surface area (Å²) in [6, 6.07) is 14.4. The first-order valence-electron chi connectivity index (χ1n) is 10.1. The fourth-order valence-electron chi connectivity index (χ4n) is 3.42. The zero-order valence-electron chi connectivity index (χ0n) is 16.9. The monoisotopic (exact) mass is 474 g/mol. The predicted molar refractivity (Wildman–Crippen MR) is 127 cm³/mol. The van der Waals surface area contributed by atoms with Crippen molar-refractivity contribution in [2.75, 3.05) is 18.5 Å². The summed E-state index contributed by atoms with van der Waals surface area (Å²) in [6.45, 7) is 1.17. The number of benzene rings is 2. The highest BCUT2D eigenvalue weighted by Crippen LogP contribution is 2.28. The van der Waals surface area contributed by atoms with E-state index >= 15 is 0 Å². The Morgan fingerprint density at radius 1 is 1.06 bits per heavy atom. The van der Waals surface area contributed by atoms with E-state index in [4.69, 9.17) is 11.6 Å². The highest BCUT2D eigenvalue weighted by atomic mass is 35.5. The standard InChI is InChI=1S/C22H23ClN4O2S2/c23-19-10-8-17(9-11-19)15-24-26-22-25-21(16-30-22)18-6-5-7-20(14-18)31(28,29)27-12-3-1-2-4-13-27/h5-11,14-16H,1-4,12-13H2,(H,25,26)/b24-15+. The first-order valence-corrected chi connectivity index (χ1v) is 12.8. The lowest BCUT2D eigenvalue weighted by Gasteiger charge is -2.20. The first-order chi connectivity index (χ1) is 15.0. The van der Waals surface area contributed by atoms with Gasteiger partial charge < -0.3 is 0 Å². The van der Waals surface area contributed by atoms with Crippen LogP contribution in [0.3, 0.4) is 0 Å². The molecule has 1 saturated heterocycles. The largest absolute Gasteiger partial charge is 0.253 e. The molecule has 31 heavy (non-hydrogen) atoms. The fourth-order valence-corrected chi connectivity index (χ4v) is 5.77. The van der Waals surface area contributed by atoms with Gasteiger partial charge in [-0.15, -0.1) is 11.3 Å². The molecular weight excluding hydrogens is 452 g/mol. The van der Waals surface area contributed by atoms with E-state index in [9.17, 15) is 8.42 Å². The third-order valence-electron chi connectivity index (χ3n) is 5.08. The molecule has 2 aromatic carbocycles. The van der Waals surface area contributed by atoms with E-state index in [-0.39, 0.29) is 0 Å². The van der Waals surface area contributed by atoms with Crippen LogP contribution in [-0.4, -0.2) is 37.0 Å². The normalized spacial score (nSPS) is 15.8. The van der Waals surface area contributed by atoms with E-state index in [2.05, 4.69) is 15.5 Å². The molecule has 1 aliphatic heterocycles. The molecule has 1 fully saturated rings. The van der Waals surface area contributed by atoms with Crippen LogP contribution in [0, 0.1) is 0 Å². The number of hydrogen-bond donors (Lipinski definition) is 1. The van der Waals surface area contributed by atoms with Crippen molar-refractivity contribution < 1.29 is 8.42 Å². The van der Waals surface area contributed by atoms with E-state index in [0.717, 1.165) is 36.8 Å². The highest BCUT2D eigenvalue weighted by Gasteiger charge is 2.25. The number of hydrogen-bond acceptors (Lipinski definition) is 6. The lowest BCUT2D eigenvalue weighted by atomic mass is 10.2. The molecule has 4 rings (SSSR count). The van der Waals surface area contributed by atoms with Gasteiger partial charge >= 0.3 is 0 Å². The quantitative estimate of drug-likeness (QED) is 0.379. The number of aromatic nitrogens is 1. The fraction of sp³-hybridized carbons (Fsp3) is 0.273. The molecular formula is C22H23ClN4O2S2. The van der Waals surface area contributed by atoms with Crippen molar-refractivity contribution in [2.24, 2.45) is 5.10 Å². The molecule has 1 N–H and O–H groups in total. The molecule has 2 heterocycles. The molecule has 9 heteroatoms. The number of hydrazone groups is 1. The Balaban J connectivity index is 1.48. The van der Waals surface area contributed by atoms with Crippen LogP contribution in [-0.2, 0) is 10.0 Å². The third-order valence-corrected chi connectivity index (χ3v) is 7.97. The second-order valence-corrected chi connectivity index (χ2v) is 10.5. The molecule has 0 spiro atoms. The third kappa shape index (κ3) is 5.51. The molecule has 6 nitrogen and oxygen atoms in total. The van der Waals surface area contributed by atoms with Crippen molar-refractivity contribution in [1.82, 2.24) is 9.29 Å². The van der Waals surface area contributed by atoms with Crippen LogP contribution >= 0.6 is 22.9 Å². The summed E-state index contributed by atoms with van der Waals surface area (Å²) in [5.41, 5.74) is 5.31. The number of anilines is 1. The average Bonchev–Trinajstić information content (AvgIpc) is 3.07. The smallest absolute Gasteiger partial charge is 0.243 e. The summed E-state index contributed by atoms with van der Waals surface area (Å²) < 4.78 is 27.8. The van der Waals surface area contributed by atoms with Crippen LogP contribution in [0.1, 0.15) is 31.2 Å². The summed E-state index contributed by atoms with van der Waals surface area (Å²) in [5, 5.41) is 7.39. The Bertz CT molecular complexity index is 1150. The summed E-state index contributed by atoms with van der Waals surface area (Å²) in [5.74, 6) is 0. The van der Waals surface area contributed by atoms with Gasteiger partial charge in [0.1, 0.15) is 0 Å². The van der Waals surface area contributed by atoms with Crippen LogP contribution in [0.15, 0.2) is 63.9 Å². The average molecular weight is 475 g/mol. The van der Waals surface area contributed by atoms with Gasteiger partial charge in [-0.3, -0.25) is 5.43 Å². The zero-order valence-corrected chi connectivity index (χ0v) is 19.3. The van der Waals surface area contributed by atoms with Crippen LogP contribution in [0.25, 0.3) is 11.3 Å². The summed E-state index contributed by atoms with van der Waals surface area (Å²) >= 11 is 7.29. The maximum Gasteiger partial charge on any atom is 0.243 e. The number of nitrogens with one attached hydrogen (secondary N) is 1. The van der Waals surface area contributed by atoms with Gasteiger partial charge in [0, 0.05) is 29.1 Å². The molecule has 0 radical (unpaired) electrons. The van der Waals surface area contributed by atoms with Crippen molar-refractivity contribution in [3.8, 4) is 11.3 Å². The molecule has 0 saturated carbocycles. The summed E-state index contributed by atoms with van der Waals surface area (Å²) in [4.78, 5) is 4.86. The molecule has 0 aliphatic carbocycles. The van der Waals surface area contributed by atoms with E-state index in [1.54, 1.807) is 40.9 Å². The number of halogens is 1. The van der Waals surface area contributed by atoms with Gasteiger partial charge in [-0.05, 0) is 42.7 Å². The number of nitrogens with zero attached hydrogens (tertiary/aromatic N) is 3. The van der Waals surface area contributed by atoms with Crippen molar-refractivity contribution >= 4 is 44.3 Å². The Hall–Kier alpha value is -2.26. The Morgan fingerprint density at radius 2 is 1.81 bits per heavy atom. The molecule has 0 amide bonds. The lowest BCUT2D eigenvalue weighted by Crippen LogP contribution is -2.31. The topological polar surface area (TPSA) is 74.7 Å². The summed E-state index contributed by atoms with van der Waals surface area (Å²) in [6.07, 6.45) is 5.68. The Kier molecular flexibility index (Phi) is 7.02. The van der Waals surface area contributed by atoms with Gasteiger partial charge in [0.15, 0.2) is 0 Å². The van der Waals surface area contributed by atoms with Crippen LogP contribution < -0.4 is 5.43 Å². The second kappa shape index (κ2) is 9.91. The highest BCUT2D eigenvalue weighted by molar-refractivity contribution is 7.89. The van der Waals surface area contributed by atoms with Gasteiger partial charge in [-0.25, -0.2) is 13.4 Å². The SMILES string of the molecule is O=S(=O)(c1cccc(-c2csc(N/N=C/c3ccc(Cl)cc3)n2)c1)N1CCCCCC1. The van der Waals surface area contributed by atoms with Gasteiger partial charge in [0.05, 0.1) is 16.8 Å². The number of rotatable bonds is 6. The van der Waals surface area contributed by atoms with E-state index in [1.807, 2.05) is 23.6 Å². The molecule has 162 valence electrons. The minimum atomic E-state index is -3.50. The first kappa shape index (κ1) is 22.0. The zero-order chi connectivity index (χ0) is 21.7. The van der Waals surface area contributed by atoms with Crippen LogP contribution in [0.2, 0.25) is 5.02 Å². The van der Waals surface area contributed by atoms with Crippen molar-refractivity contribution in [2.45, 2.75) is 30.6 Å². The molecule has 3 aromatic rings. The molecule has 0 unspecified atom stereocenters. The van der Waals surface area contributed by atoms with Crippen molar-refractivity contribution in [3.05, 3.63) is 64.5 Å². The van der Waals surface area contributed by atoms with Gasteiger partial charge in [-0.2, -0.15) is 9.41 Å². The van der Waals surface area contributed by atoms with Crippen LogP contribution in [0.5, 0.6) is 0 Å². The minimum Gasteiger partial charge on any atom is -0.253 e. The van der Waals surface area contributed by atoms with Crippen molar-refractivity contribution in [3.63, 3.8) is 0 Å². The van der Waals surface area contributed by atoms with Gasteiger partial charge in [0.25, 0.3) is 0 Å². The number of sulfonamides is 1. The molecule has 0 atom stereocenters. The molecule has 1 aromatic heterocycles. The second-order valence-electron chi connectivity index (χ2n) is 7.31. The Morgan fingerprint density at radius 3 is 2.55 bits per heavy atom. The summed E-state index contributed by atoms with van der Waals surface area (Å²) in [7, 11) is -3.50. The van der Waals surface area contributed by atoms with Crippen LogP contribution in [0.4, 0.5) is 5.13 Å². The predicted octanol–water partition coefficient (Wildman–Crippen LogP) is 5.47. The lowest BCUT2D eigenvalue weighted by molar-refractivity contribution is 0.424. The minimum absolute atomic E-state index is 0.315. The Labute approximate surface area is 191 Å². The van der Waals surface area contributed by atoms with E-state index in [1.165, 1.54) is 11.3 Å². The van der Waals surface area contributed by atoms with Gasteiger partial charge in [-0.1, -0.05) is 48.7 Å². The molecule has 1 aliphatic rings. The van der Waals surface area contributed by atoms with Gasteiger partial charge in [0.2, 0.25) is 15.2 Å². The van der Waals surface area contributed by atoms with E-state index in [0.29, 0.717) is 33.8 Å². The van der Waals surface area contributed by atoms with E-state index < -0.39 is 10.0 Å². The van der Waals surface area contributed by atoms with Crippen molar-refractivity contribution in [1.29, 1.82) is 0 Å². The molecule has 0 bridgehead atoms. The maximum atomic E-state index is 13.1. The number of thiazole rings is 1. The maximum absolute atomic E-state index is 13.1.